The molecule has 1 unspecified atom stereocenters. The number of alkyl halides is 2. The fourth-order valence-corrected chi connectivity index (χ4v) is 3.49. The van der Waals surface area contributed by atoms with Gasteiger partial charge in [0.25, 0.3) is 11.4 Å². The maximum atomic E-state index is 15.1. The molecule has 11 nitrogen and oxygen atoms in total. The number of carbonyl (C=O) groups is 1. The van der Waals surface area contributed by atoms with E-state index in [1.54, 1.807) is 13.8 Å². The standard InChI is InChI=1S/C16H22F2N3O8P/c1-8(2)28-11(23)9(3)20-30(26)27-7-16(18)12(24)15(4,17)13(29-16)21-6-5-10(22)19-14(21)25/h5-6,8-9,12-13,24H,7H2,1-4H3,(H-,19,20,22,25,26)/p+1/t9-,12-,13+,15+,16+/m0/s1. The predicted octanol–water partition coefficient (Wildman–Crippen LogP) is 0.424. The van der Waals surface area contributed by atoms with Gasteiger partial charge in [-0.15, -0.1) is 4.52 Å². The van der Waals surface area contributed by atoms with Crippen LogP contribution >= 0.6 is 8.18 Å². The molecule has 0 spiro atoms. The molecule has 0 bridgehead atoms. The molecule has 2 heterocycles. The first-order valence-corrected chi connectivity index (χ1v) is 10.1. The minimum Gasteiger partial charge on any atom is -0.462 e. The van der Waals surface area contributed by atoms with Crippen molar-refractivity contribution in [2.45, 2.75) is 63.7 Å². The lowest BCUT2D eigenvalue weighted by Gasteiger charge is -2.24. The first kappa shape index (κ1) is 24.2. The van der Waals surface area contributed by atoms with Crippen molar-refractivity contribution in [3.63, 3.8) is 0 Å². The molecular formula is C16H23F2N3O8P+. The van der Waals surface area contributed by atoms with Gasteiger partial charge in [-0.3, -0.25) is 19.1 Å². The van der Waals surface area contributed by atoms with Gasteiger partial charge in [0.1, 0.15) is 6.04 Å². The van der Waals surface area contributed by atoms with Gasteiger partial charge in [-0.1, -0.05) is 5.09 Å². The maximum Gasteiger partial charge on any atom is 0.614 e. The number of carbonyl (C=O) groups excluding carboxylic acids is 1. The van der Waals surface area contributed by atoms with Crippen molar-refractivity contribution in [2.75, 3.05) is 6.61 Å². The largest absolute Gasteiger partial charge is 0.614 e. The molecule has 0 amide bonds. The Morgan fingerprint density at radius 1 is 1.43 bits per heavy atom. The van der Waals surface area contributed by atoms with Gasteiger partial charge in [-0.05, 0) is 32.3 Å². The Morgan fingerprint density at radius 3 is 2.63 bits per heavy atom. The van der Waals surface area contributed by atoms with E-state index in [4.69, 9.17) is 14.0 Å². The minimum absolute atomic E-state index is 0.410. The van der Waals surface area contributed by atoms with E-state index in [2.05, 4.69) is 5.09 Å². The molecular weight excluding hydrogens is 431 g/mol. The fraction of sp³-hybridized carbons (Fsp3) is 0.688. The Morgan fingerprint density at radius 2 is 2.07 bits per heavy atom. The SMILES string of the molecule is CC(C)OC(=O)[C@H](C)N[P+](=O)OC[C@@]1(F)O[C@@H](n2ccc(=O)[nH]c2=O)[C@](C)(F)[C@@H]1O. The van der Waals surface area contributed by atoms with E-state index < -0.39 is 68.0 Å². The van der Waals surface area contributed by atoms with Crippen LogP contribution in [0, 0.1) is 0 Å². The van der Waals surface area contributed by atoms with Crippen LogP contribution in [0.15, 0.2) is 21.9 Å². The predicted molar refractivity (Wildman–Crippen MR) is 98.2 cm³/mol. The summed E-state index contributed by atoms with van der Waals surface area (Å²) < 4.78 is 57.2. The van der Waals surface area contributed by atoms with E-state index in [0.717, 1.165) is 19.2 Å². The monoisotopic (exact) mass is 454 g/mol. The molecule has 168 valence electrons. The smallest absolute Gasteiger partial charge is 0.462 e. The number of ether oxygens (including phenoxy) is 2. The molecule has 3 N–H and O–H groups in total. The Kier molecular flexibility index (Phi) is 7.25. The summed E-state index contributed by atoms with van der Waals surface area (Å²) in [6.45, 7) is 4.18. The zero-order valence-electron chi connectivity index (χ0n) is 16.6. The Bertz CT molecular complexity index is 920. The lowest BCUT2D eigenvalue weighted by Crippen LogP contribution is -2.47. The van der Waals surface area contributed by atoms with Gasteiger partial charge in [-0.2, -0.15) is 0 Å². The molecule has 30 heavy (non-hydrogen) atoms. The van der Waals surface area contributed by atoms with E-state index in [-0.39, 0.29) is 0 Å². The number of hydrogen-bond acceptors (Lipinski definition) is 8. The van der Waals surface area contributed by atoms with Crippen molar-refractivity contribution in [3.05, 3.63) is 33.1 Å². The highest BCUT2D eigenvalue weighted by Gasteiger charge is 2.65. The highest BCUT2D eigenvalue weighted by molar-refractivity contribution is 7.36. The van der Waals surface area contributed by atoms with Crippen molar-refractivity contribution in [1.82, 2.24) is 14.6 Å². The van der Waals surface area contributed by atoms with Crippen LogP contribution in [0.3, 0.4) is 0 Å². The van der Waals surface area contributed by atoms with Crippen LogP contribution in [-0.2, 0) is 23.4 Å². The second-order valence-corrected chi connectivity index (χ2v) is 8.23. The van der Waals surface area contributed by atoms with Gasteiger partial charge in [0.05, 0.1) is 6.10 Å². The fourth-order valence-electron chi connectivity index (χ4n) is 2.70. The highest BCUT2D eigenvalue weighted by Crippen LogP contribution is 2.47. The number of esters is 1. The Labute approximate surface area is 170 Å². The number of hydrogen-bond donors (Lipinski definition) is 3. The van der Waals surface area contributed by atoms with Crippen LogP contribution in [0.5, 0.6) is 0 Å². The second-order valence-electron chi connectivity index (χ2n) is 7.19. The van der Waals surface area contributed by atoms with Crippen LogP contribution in [0.1, 0.15) is 33.9 Å². The van der Waals surface area contributed by atoms with Crippen molar-refractivity contribution in [2.24, 2.45) is 0 Å². The molecule has 1 fully saturated rings. The highest BCUT2D eigenvalue weighted by atomic mass is 31.1. The molecule has 1 aliphatic rings. The molecule has 1 aromatic heterocycles. The first-order valence-electron chi connectivity index (χ1n) is 8.90. The van der Waals surface area contributed by atoms with Crippen LogP contribution in [0.25, 0.3) is 0 Å². The Balaban J connectivity index is 2.08. The first-order chi connectivity index (χ1) is 13.8. The molecule has 0 saturated carbocycles. The topological polar surface area (TPSA) is 149 Å². The summed E-state index contributed by atoms with van der Waals surface area (Å²) >= 11 is 0. The average molecular weight is 454 g/mol. The van der Waals surface area contributed by atoms with Crippen molar-refractivity contribution < 1.29 is 37.2 Å². The number of halogens is 2. The number of rotatable bonds is 8. The summed E-state index contributed by atoms with van der Waals surface area (Å²) in [5.74, 6) is -3.91. The Hall–Kier alpha value is -2.05. The number of aliphatic hydroxyl groups is 1. The van der Waals surface area contributed by atoms with Crippen LogP contribution < -0.4 is 16.3 Å². The normalized spacial score (nSPS) is 30.3. The molecule has 1 aromatic rings. The lowest BCUT2D eigenvalue weighted by molar-refractivity contribution is -0.202. The molecule has 0 radical (unpaired) electrons. The number of aliphatic hydroxyl groups excluding tert-OH is 1. The molecule has 1 saturated heterocycles. The van der Waals surface area contributed by atoms with E-state index >= 15 is 8.78 Å². The number of aromatic amines is 1. The third-order valence-corrected chi connectivity index (χ3v) is 5.18. The number of nitrogens with one attached hydrogen (secondary N) is 2. The molecule has 0 aliphatic carbocycles. The van der Waals surface area contributed by atoms with E-state index in [1.165, 1.54) is 6.92 Å². The molecule has 14 heteroatoms. The lowest BCUT2D eigenvalue weighted by atomic mass is 9.97. The summed E-state index contributed by atoms with van der Waals surface area (Å²) in [7, 11) is -2.82. The summed E-state index contributed by atoms with van der Waals surface area (Å²) in [6.07, 6.45) is -3.91. The third kappa shape index (κ3) is 5.16. The van der Waals surface area contributed by atoms with Crippen molar-refractivity contribution in [3.8, 4) is 0 Å². The van der Waals surface area contributed by atoms with E-state index in [0.29, 0.717) is 4.57 Å². The third-order valence-electron chi connectivity index (χ3n) is 4.22. The number of nitrogens with zero attached hydrogens (tertiary/aromatic N) is 1. The van der Waals surface area contributed by atoms with Crippen LogP contribution in [-0.4, -0.2) is 57.0 Å². The number of aromatic nitrogens is 2. The summed E-state index contributed by atoms with van der Waals surface area (Å²) in [4.78, 5) is 36.6. The van der Waals surface area contributed by atoms with Crippen LogP contribution in [0.2, 0.25) is 0 Å². The van der Waals surface area contributed by atoms with Gasteiger partial charge in [0.15, 0.2) is 24.6 Å². The number of H-pyrrole nitrogens is 1. The van der Waals surface area contributed by atoms with E-state index in [9.17, 15) is 24.1 Å². The molecule has 0 aromatic carbocycles. The van der Waals surface area contributed by atoms with Gasteiger partial charge in [0, 0.05) is 12.3 Å². The summed E-state index contributed by atoms with van der Waals surface area (Å²) in [6, 6.07) is -0.166. The average Bonchev–Trinajstić information content (AvgIpc) is 2.80. The summed E-state index contributed by atoms with van der Waals surface area (Å²) in [5.41, 5.74) is -4.66. The zero-order chi connectivity index (χ0) is 22.9. The van der Waals surface area contributed by atoms with Gasteiger partial charge in [-0.25, -0.2) is 13.6 Å². The summed E-state index contributed by atoms with van der Waals surface area (Å²) in [5, 5.41) is 12.3. The van der Waals surface area contributed by atoms with Crippen LogP contribution in [0.4, 0.5) is 8.78 Å². The van der Waals surface area contributed by atoms with E-state index in [1.807, 2.05) is 4.98 Å². The van der Waals surface area contributed by atoms with Gasteiger partial charge < -0.3 is 14.6 Å². The molecule has 2 rings (SSSR count). The quantitative estimate of drug-likeness (QED) is 0.375. The van der Waals surface area contributed by atoms with Gasteiger partial charge in [0.2, 0.25) is 0 Å². The zero-order valence-corrected chi connectivity index (χ0v) is 17.5. The second kappa shape index (κ2) is 8.98. The van der Waals surface area contributed by atoms with Crippen molar-refractivity contribution >= 4 is 14.1 Å². The maximum absolute atomic E-state index is 15.1. The van der Waals surface area contributed by atoms with Crippen molar-refractivity contribution in [1.29, 1.82) is 0 Å². The minimum atomic E-state index is -3.18. The molecule has 6 atom stereocenters. The molecule has 1 aliphatic heterocycles. The van der Waals surface area contributed by atoms with Gasteiger partial charge >= 0.3 is 19.8 Å².